The summed E-state index contributed by atoms with van der Waals surface area (Å²) in [7, 11) is 0. The van der Waals surface area contributed by atoms with E-state index < -0.39 is 5.97 Å². The summed E-state index contributed by atoms with van der Waals surface area (Å²) in [6.45, 7) is 4.34. The Morgan fingerprint density at radius 3 is 2.52 bits per heavy atom. The summed E-state index contributed by atoms with van der Waals surface area (Å²) in [6, 6.07) is 8.55. The van der Waals surface area contributed by atoms with E-state index in [0.717, 1.165) is 43.4 Å². The topological polar surface area (TPSA) is 69.5 Å². The zero-order valence-electron chi connectivity index (χ0n) is 15.7. The van der Waals surface area contributed by atoms with Crippen LogP contribution >= 0.6 is 0 Å². The number of rotatable bonds is 6. The fraction of sp³-hybridized carbons (Fsp3) is 0.550. The molecule has 0 spiro atoms. The van der Waals surface area contributed by atoms with Crippen LogP contribution in [0.15, 0.2) is 30.6 Å². The molecular weight excluding hydrogens is 344 g/mol. The van der Waals surface area contributed by atoms with E-state index in [0.29, 0.717) is 6.61 Å². The highest BCUT2D eigenvalue weighted by Crippen LogP contribution is 2.28. The molecule has 4 rings (SSSR count). The van der Waals surface area contributed by atoms with Gasteiger partial charge < -0.3 is 14.4 Å². The van der Waals surface area contributed by atoms with Gasteiger partial charge in [0.25, 0.3) is 5.82 Å². The van der Waals surface area contributed by atoms with Crippen LogP contribution in [0.5, 0.6) is 5.75 Å². The minimum Gasteiger partial charge on any atom is -0.490 e. The molecule has 0 radical (unpaired) electrons. The largest absolute Gasteiger partial charge is 0.490 e. The Morgan fingerprint density at radius 1 is 1.15 bits per heavy atom. The minimum atomic E-state index is -0.510. The maximum Gasteiger partial charge on any atom is 0.378 e. The Kier molecular flexibility index (Phi) is 5.38. The van der Waals surface area contributed by atoms with Gasteiger partial charge in [-0.2, -0.15) is 0 Å². The average molecular weight is 370 g/mol. The predicted molar refractivity (Wildman–Crippen MR) is 100 cm³/mol. The number of carbonyl (C=O) groups is 1. The van der Waals surface area contributed by atoms with Gasteiger partial charge in [-0.15, -0.1) is 5.10 Å². The summed E-state index contributed by atoms with van der Waals surface area (Å²) in [5.41, 5.74) is 0.824. The molecule has 0 bridgehead atoms. The first-order valence-corrected chi connectivity index (χ1v) is 9.83. The lowest BCUT2D eigenvalue weighted by atomic mass is 9.90. The van der Waals surface area contributed by atoms with Gasteiger partial charge >= 0.3 is 5.97 Å². The molecule has 0 unspecified atom stereocenters. The highest BCUT2D eigenvalue weighted by atomic mass is 16.5. The van der Waals surface area contributed by atoms with Crippen LogP contribution in [0, 0.1) is 0 Å². The van der Waals surface area contributed by atoms with Crippen LogP contribution in [0.2, 0.25) is 0 Å². The smallest absolute Gasteiger partial charge is 0.378 e. The van der Waals surface area contributed by atoms with Crippen LogP contribution in [0.25, 0.3) is 5.69 Å². The van der Waals surface area contributed by atoms with Gasteiger partial charge in [0, 0.05) is 19.1 Å². The van der Waals surface area contributed by atoms with E-state index in [2.05, 4.69) is 15.0 Å². The molecule has 1 saturated heterocycles. The molecule has 144 valence electrons. The second-order valence-corrected chi connectivity index (χ2v) is 7.17. The highest BCUT2D eigenvalue weighted by Gasteiger charge is 2.29. The van der Waals surface area contributed by atoms with E-state index in [4.69, 9.17) is 9.47 Å². The molecule has 1 aromatic carbocycles. The van der Waals surface area contributed by atoms with Crippen LogP contribution < -0.4 is 4.74 Å². The number of ether oxygens (including phenoxy) is 2. The van der Waals surface area contributed by atoms with Crippen molar-refractivity contribution in [2.75, 3.05) is 19.7 Å². The molecular formula is C20H26N4O3. The monoisotopic (exact) mass is 370 g/mol. The van der Waals surface area contributed by atoms with Crippen LogP contribution in [0.3, 0.4) is 0 Å². The van der Waals surface area contributed by atoms with E-state index in [1.54, 1.807) is 11.6 Å². The molecule has 1 aliphatic heterocycles. The third kappa shape index (κ3) is 4.13. The maximum absolute atomic E-state index is 11.7. The standard InChI is InChI=1S/C20H26N4O3/c1-2-26-20(25)19-21-14-24(22-19)16-6-8-17(9-7-16)27-18-10-12-23(13-11-18)15-4-3-5-15/h6-9,14-15,18H,2-5,10-13H2,1H3. The van der Waals surface area contributed by atoms with Gasteiger partial charge in [0.15, 0.2) is 0 Å². The number of aromatic nitrogens is 3. The summed E-state index contributed by atoms with van der Waals surface area (Å²) in [6.07, 6.45) is 8.10. The van der Waals surface area contributed by atoms with Gasteiger partial charge in [-0.1, -0.05) is 6.42 Å². The van der Waals surface area contributed by atoms with Crippen molar-refractivity contribution in [1.29, 1.82) is 0 Å². The van der Waals surface area contributed by atoms with Crippen LogP contribution in [0.4, 0.5) is 0 Å². The van der Waals surface area contributed by atoms with Gasteiger partial charge in [-0.25, -0.2) is 14.5 Å². The summed E-state index contributed by atoms with van der Waals surface area (Å²) < 4.78 is 12.6. The van der Waals surface area contributed by atoms with Gasteiger partial charge in [0.2, 0.25) is 0 Å². The molecule has 1 aromatic heterocycles. The van der Waals surface area contributed by atoms with Crippen LogP contribution in [-0.2, 0) is 4.74 Å². The number of piperidine rings is 1. The molecule has 2 heterocycles. The maximum atomic E-state index is 11.7. The highest BCUT2D eigenvalue weighted by molar-refractivity contribution is 5.84. The Labute approximate surface area is 159 Å². The van der Waals surface area contributed by atoms with E-state index >= 15 is 0 Å². The molecule has 0 atom stereocenters. The zero-order valence-corrected chi connectivity index (χ0v) is 15.7. The number of hydrogen-bond acceptors (Lipinski definition) is 6. The third-order valence-corrected chi connectivity index (χ3v) is 5.42. The number of carbonyl (C=O) groups excluding carboxylic acids is 1. The van der Waals surface area contributed by atoms with Crippen molar-refractivity contribution in [3.05, 3.63) is 36.4 Å². The molecule has 1 aliphatic carbocycles. The molecule has 7 heteroatoms. The first-order chi connectivity index (χ1) is 13.2. The molecule has 27 heavy (non-hydrogen) atoms. The van der Waals surface area contributed by atoms with Crippen molar-refractivity contribution in [3.63, 3.8) is 0 Å². The Bertz CT molecular complexity index is 762. The van der Waals surface area contributed by atoms with Crippen molar-refractivity contribution >= 4 is 5.97 Å². The average Bonchev–Trinajstić information content (AvgIpc) is 3.13. The molecule has 7 nitrogen and oxygen atoms in total. The lowest BCUT2D eigenvalue weighted by Crippen LogP contribution is -2.46. The van der Waals surface area contributed by atoms with Gasteiger partial charge in [-0.3, -0.25) is 0 Å². The fourth-order valence-electron chi connectivity index (χ4n) is 3.66. The normalized spacial score (nSPS) is 18.9. The Morgan fingerprint density at radius 2 is 1.89 bits per heavy atom. The van der Waals surface area contributed by atoms with E-state index in [1.807, 2.05) is 24.3 Å². The van der Waals surface area contributed by atoms with Gasteiger partial charge in [-0.05, 0) is 56.9 Å². The van der Waals surface area contributed by atoms with Crippen LogP contribution in [0.1, 0.15) is 49.6 Å². The first kappa shape index (κ1) is 18.0. The Hall–Kier alpha value is -2.41. The van der Waals surface area contributed by atoms with Crippen LogP contribution in [-0.4, -0.2) is 57.5 Å². The molecule has 2 fully saturated rings. The Balaban J connectivity index is 1.32. The lowest BCUT2D eigenvalue weighted by molar-refractivity contribution is 0.0493. The molecule has 1 saturated carbocycles. The van der Waals surface area contributed by atoms with Crippen molar-refractivity contribution in [1.82, 2.24) is 19.7 Å². The number of esters is 1. The van der Waals surface area contributed by atoms with E-state index in [1.165, 1.54) is 25.6 Å². The van der Waals surface area contributed by atoms with Crippen molar-refractivity contribution < 1.29 is 14.3 Å². The quantitative estimate of drug-likeness (QED) is 0.729. The fourth-order valence-corrected chi connectivity index (χ4v) is 3.66. The lowest BCUT2D eigenvalue weighted by Gasteiger charge is -2.41. The molecule has 2 aromatic rings. The number of nitrogens with zero attached hydrogens (tertiary/aromatic N) is 4. The zero-order chi connectivity index (χ0) is 18.6. The van der Waals surface area contributed by atoms with Crippen molar-refractivity contribution in [3.8, 4) is 11.4 Å². The summed E-state index contributed by atoms with van der Waals surface area (Å²) in [4.78, 5) is 18.3. The second kappa shape index (κ2) is 8.08. The first-order valence-electron chi connectivity index (χ1n) is 9.83. The third-order valence-electron chi connectivity index (χ3n) is 5.42. The number of hydrogen-bond donors (Lipinski definition) is 0. The summed E-state index contributed by atoms with van der Waals surface area (Å²) in [5.74, 6) is 0.423. The van der Waals surface area contributed by atoms with Gasteiger partial charge in [0.05, 0.1) is 12.3 Å². The molecule has 0 amide bonds. The van der Waals surface area contributed by atoms with E-state index in [-0.39, 0.29) is 11.9 Å². The second-order valence-electron chi connectivity index (χ2n) is 7.17. The summed E-state index contributed by atoms with van der Waals surface area (Å²) >= 11 is 0. The van der Waals surface area contributed by atoms with Gasteiger partial charge in [0.1, 0.15) is 18.2 Å². The number of benzene rings is 1. The van der Waals surface area contributed by atoms with Crippen molar-refractivity contribution in [2.45, 2.75) is 51.2 Å². The minimum absolute atomic E-state index is 0.0652. The summed E-state index contributed by atoms with van der Waals surface area (Å²) in [5, 5.41) is 4.17. The van der Waals surface area contributed by atoms with E-state index in [9.17, 15) is 4.79 Å². The predicted octanol–water partition coefficient (Wildman–Crippen LogP) is 2.84. The molecule has 0 N–H and O–H groups in total. The number of likely N-dealkylation sites (tertiary alicyclic amines) is 1. The SMILES string of the molecule is CCOC(=O)c1ncn(-c2ccc(OC3CCN(C4CCC4)CC3)cc2)n1. The van der Waals surface area contributed by atoms with Crippen molar-refractivity contribution in [2.24, 2.45) is 0 Å². The molecule has 2 aliphatic rings.